The maximum atomic E-state index is 14.2. The van der Waals surface area contributed by atoms with Crippen LogP contribution in [-0.4, -0.2) is 20.4 Å². The summed E-state index contributed by atoms with van der Waals surface area (Å²) in [6.07, 6.45) is -0.371. The van der Waals surface area contributed by atoms with Crippen LogP contribution in [0.5, 0.6) is 23.0 Å². The fourth-order valence-corrected chi connectivity index (χ4v) is 4.72. The fourth-order valence-electron chi connectivity index (χ4n) is 4.72. The van der Waals surface area contributed by atoms with Crippen molar-refractivity contribution in [3.8, 4) is 23.0 Å². The van der Waals surface area contributed by atoms with Crippen LogP contribution in [0, 0.1) is 46.5 Å². The van der Waals surface area contributed by atoms with Gasteiger partial charge in [-0.15, -0.1) is 0 Å². The minimum Gasteiger partial charge on any atom is -0.503 e. The lowest BCUT2D eigenvalue weighted by Crippen LogP contribution is -2.08. The number of halogens is 8. The Morgan fingerprint density at radius 2 is 0.537 bits per heavy atom. The molecule has 0 unspecified atom stereocenters. The predicted molar refractivity (Wildman–Crippen MR) is 130 cm³/mol. The molecule has 0 aliphatic rings. The van der Waals surface area contributed by atoms with Crippen molar-refractivity contribution in [3.63, 3.8) is 0 Å². The van der Waals surface area contributed by atoms with Gasteiger partial charge in [0.05, 0.1) is 0 Å². The van der Waals surface area contributed by atoms with Gasteiger partial charge in [0.2, 0.25) is 0 Å². The molecule has 0 aliphatic heterocycles. The SMILES string of the molecule is Oc1c(F)cc(C(CCCC(c2cc(F)c(O)c(F)c2)c2cc(F)c(O)c(F)c2)c2cc(F)c(O)c(F)c2)cc1F. The average molecular weight is 584 g/mol. The zero-order valence-corrected chi connectivity index (χ0v) is 20.7. The summed E-state index contributed by atoms with van der Waals surface area (Å²) in [7, 11) is 0. The standard InChI is InChI=1S/C29H20F8O4/c30-18-4-12(5-19(31)26(18)38)16(13-6-20(32)27(39)21(33)7-13)2-1-3-17(14-8-22(34)28(40)23(35)9-14)15-10-24(36)29(41)25(37)11-15/h4-11,16-17,38-41H,1-3H2. The normalized spacial score (nSPS) is 11.6. The average Bonchev–Trinajstić information content (AvgIpc) is 2.91. The molecule has 0 aromatic heterocycles. The molecule has 4 aromatic rings. The minimum atomic E-state index is -1.37. The predicted octanol–water partition coefficient (Wildman–Crippen LogP) is 7.76. The number of phenolic OH excluding ortho intramolecular Hbond substituents is 4. The van der Waals surface area contributed by atoms with Gasteiger partial charge in [0, 0.05) is 11.8 Å². The van der Waals surface area contributed by atoms with Crippen molar-refractivity contribution in [2.75, 3.05) is 0 Å². The molecule has 0 heterocycles. The third-order valence-electron chi connectivity index (χ3n) is 6.75. The van der Waals surface area contributed by atoms with Crippen LogP contribution >= 0.6 is 0 Å². The maximum Gasteiger partial charge on any atom is 0.187 e. The second-order valence-corrected chi connectivity index (χ2v) is 9.37. The molecule has 4 rings (SSSR count). The van der Waals surface area contributed by atoms with Gasteiger partial charge < -0.3 is 20.4 Å². The summed E-state index contributed by atoms with van der Waals surface area (Å²) in [5.74, 6) is -18.4. The van der Waals surface area contributed by atoms with Crippen LogP contribution in [0.15, 0.2) is 48.5 Å². The van der Waals surface area contributed by atoms with Crippen molar-refractivity contribution in [2.45, 2.75) is 31.1 Å². The fraction of sp³-hybridized carbons (Fsp3) is 0.172. The van der Waals surface area contributed by atoms with Crippen LogP contribution in [0.1, 0.15) is 53.4 Å². The largest absolute Gasteiger partial charge is 0.503 e. The minimum absolute atomic E-state index is 0.0577. The Morgan fingerprint density at radius 3 is 0.707 bits per heavy atom. The first-order chi connectivity index (χ1) is 19.3. The Morgan fingerprint density at radius 1 is 0.366 bits per heavy atom. The third kappa shape index (κ3) is 6.01. The summed E-state index contributed by atoms with van der Waals surface area (Å²) in [6, 6.07) is 5.88. The second kappa shape index (κ2) is 11.6. The van der Waals surface area contributed by atoms with Crippen LogP contribution < -0.4 is 0 Å². The van der Waals surface area contributed by atoms with E-state index in [1.807, 2.05) is 0 Å². The van der Waals surface area contributed by atoms with E-state index >= 15 is 0 Å². The summed E-state index contributed by atoms with van der Waals surface area (Å²) in [4.78, 5) is 0. The molecule has 0 radical (unpaired) electrons. The van der Waals surface area contributed by atoms with Gasteiger partial charge in [0.25, 0.3) is 0 Å². The number of hydrogen-bond acceptors (Lipinski definition) is 4. The summed E-state index contributed by atoms with van der Waals surface area (Å²) in [5.41, 5.74) is -0.658. The molecule has 0 saturated carbocycles. The van der Waals surface area contributed by atoms with Gasteiger partial charge >= 0.3 is 0 Å². The monoisotopic (exact) mass is 584 g/mol. The van der Waals surface area contributed by atoms with Gasteiger partial charge in [-0.05, 0) is 83.6 Å². The molecule has 12 heteroatoms. The molecule has 4 aromatic carbocycles. The van der Waals surface area contributed by atoms with Gasteiger partial charge in [0.15, 0.2) is 69.5 Å². The Balaban J connectivity index is 1.74. The summed E-state index contributed by atoms with van der Waals surface area (Å²) in [5, 5.41) is 37.9. The van der Waals surface area contributed by atoms with E-state index < -0.39 is 81.4 Å². The molecule has 4 N–H and O–H groups in total. The van der Waals surface area contributed by atoms with Crippen LogP contribution in [0.3, 0.4) is 0 Å². The Kier molecular flexibility index (Phi) is 8.32. The highest BCUT2D eigenvalue weighted by atomic mass is 19.2. The van der Waals surface area contributed by atoms with E-state index in [0.717, 1.165) is 48.5 Å². The molecule has 0 spiro atoms. The van der Waals surface area contributed by atoms with Crippen LogP contribution in [0.25, 0.3) is 0 Å². The first-order valence-electron chi connectivity index (χ1n) is 12.0. The van der Waals surface area contributed by atoms with E-state index in [2.05, 4.69) is 0 Å². The molecule has 0 amide bonds. The van der Waals surface area contributed by atoms with E-state index in [-0.39, 0.29) is 41.5 Å². The van der Waals surface area contributed by atoms with Crippen molar-refractivity contribution >= 4 is 0 Å². The van der Waals surface area contributed by atoms with Crippen LogP contribution in [0.2, 0.25) is 0 Å². The molecule has 0 bridgehead atoms. The van der Waals surface area contributed by atoms with Crippen molar-refractivity contribution in [3.05, 3.63) is 117 Å². The number of aromatic hydroxyl groups is 4. The quantitative estimate of drug-likeness (QED) is 0.160. The Bertz CT molecular complexity index is 1300. The summed E-state index contributed by atoms with van der Waals surface area (Å²) < 4.78 is 113. The molecule has 0 saturated heterocycles. The molecule has 0 fully saturated rings. The van der Waals surface area contributed by atoms with Gasteiger partial charge in [-0.3, -0.25) is 0 Å². The number of rotatable bonds is 8. The Hall–Kier alpha value is -4.48. The van der Waals surface area contributed by atoms with E-state index in [1.54, 1.807) is 0 Å². The van der Waals surface area contributed by atoms with Crippen LogP contribution in [0.4, 0.5) is 35.1 Å². The molecule has 0 atom stereocenters. The molecule has 4 nitrogen and oxygen atoms in total. The van der Waals surface area contributed by atoms with E-state index in [1.165, 1.54) is 0 Å². The summed E-state index contributed by atoms with van der Waals surface area (Å²) in [6.45, 7) is 0. The van der Waals surface area contributed by atoms with Crippen molar-refractivity contribution in [2.24, 2.45) is 0 Å². The number of phenols is 4. The zero-order valence-electron chi connectivity index (χ0n) is 20.7. The molecular weight excluding hydrogens is 564 g/mol. The highest BCUT2D eigenvalue weighted by Gasteiger charge is 2.25. The van der Waals surface area contributed by atoms with Crippen LogP contribution in [-0.2, 0) is 0 Å². The Labute approximate surface area is 227 Å². The van der Waals surface area contributed by atoms with Gasteiger partial charge in [0.1, 0.15) is 0 Å². The summed E-state index contributed by atoms with van der Waals surface area (Å²) >= 11 is 0. The topological polar surface area (TPSA) is 80.9 Å². The van der Waals surface area contributed by atoms with Crippen molar-refractivity contribution in [1.82, 2.24) is 0 Å². The van der Waals surface area contributed by atoms with Gasteiger partial charge in [-0.2, -0.15) is 0 Å². The number of benzene rings is 4. The lowest BCUT2D eigenvalue weighted by molar-refractivity contribution is 0.391. The van der Waals surface area contributed by atoms with E-state index in [0.29, 0.717) is 0 Å². The first-order valence-corrected chi connectivity index (χ1v) is 12.0. The van der Waals surface area contributed by atoms with Gasteiger partial charge in [-0.1, -0.05) is 6.42 Å². The zero-order chi connectivity index (χ0) is 30.2. The van der Waals surface area contributed by atoms with Crippen molar-refractivity contribution < 1.29 is 55.5 Å². The molecule has 216 valence electrons. The van der Waals surface area contributed by atoms with Gasteiger partial charge in [-0.25, -0.2) is 35.1 Å². The maximum absolute atomic E-state index is 14.2. The molecular formula is C29H20F8O4. The number of hydrogen-bond donors (Lipinski definition) is 4. The second-order valence-electron chi connectivity index (χ2n) is 9.37. The molecule has 0 aliphatic carbocycles. The lowest BCUT2D eigenvalue weighted by atomic mass is 9.82. The third-order valence-corrected chi connectivity index (χ3v) is 6.75. The highest BCUT2D eigenvalue weighted by Crippen LogP contribution is 2.40. The smallest absolute Gasteiger partial charge is 0.187 e. The molecule has 41 heavy (non-hydrogen) atoms. The highest BCUT2D eigenvalue weighted by molar-refractivity contribution is 5.42. The first kappa shape index (κ1) is 29.5. The van der Waals surface area contributed by atoms with Crippen molar-refractivity contribution in [1.29, 1.82) is 0 Å². The van der Waals surface area contributed by atoms with E-state index in [4.69, 9.17) is 0 Å². The van der Waals surface area contributed by atoms with E-state index in [9.17, 15) is 55.5 Å². The lowest BCUT2D eigenvalue weighted by Gasteiger charge is -2.23.